The van der Waals surface area contributed by atoms with E-state index >= 15 is 0 Å². The summed E-state index contributed by atoms with van der Waals surface area (Å²) in [6, 6.07) is 0. The van der Waals surface area contributed by atoms with Crippen molar-refractivity contribution in [3.63, 3.8) is 0 Å². The lowest BCUT2D eigenvalue weighted by atomic mass is 10.2. The molecular weight excluding hydrogens is 248 g/mol. The van der Waals surface area contributed by atoms with Crippen LogP contribution in [0.15, 0.2) is 18.9 Å². The summed E-state index contributed by atoms with van der Waals surface area (Å²) in [5.74, 6) is -0.680. The van der Waals surface area contributed by atoms with Crippen molar-refractivity contribution in [2.75, 3.05) is 0 Å². The molecule has 0 radical (unpaired) electrons. The summed E-state index contributed by atoms with van der Waals surface area (Å²) in [6.45, 7) is 8.94. The summed E-state index contributed by atoms with van der Waals surface area (Å²) in [5, 5.41) is 10.2. The summed E-state index contributed by atoms with van der Waals surface area (Å²) < 4.78 is 6.52. The van der Waals surface area contributed by atoms with Gasteiger partial charge in [-0.2, -0.15) is 0 Å². The zero-order chi connectivity index (χ0) is 14.5. The maximum absolute atomic E-state index is 11.6. The molecule has 0 saturated heterocycles. The maximum Gasteiger partial charge on any atom is 0.328 e. The molecule has 0 aromatic carbocycles. The van der Waals surface area contributed by atoms with Crippen molar-refractivity contribution in [3.05, 3.63) is 24.5 Å². The van der Waals surface area contributed by atoms with Crippen LogP contribution in [0.4, 0.5) is 0 Å². The van der Waals surface area contributed by atoms with E-state index in [1.165, 1.54) is 10.8 Å². The summed E-state index contributed by atoms with van der Waals surface area (Å²) in [4.78, 5) is 22.5. The van der Waals surface area contributed by atoms with Gasteiger partial charge in [0.2, 0.25) is 5.91 Å². The van der Waals surface area contributed by atoms with Crippen LogP contribution < -0.4 is 5.32 Å². The number of carbonyl (C=O) groups is 2. The Hall–Kier alpha value is -2.18. The van der Waals surface area contributed by atoms with Crippen LogP contribution >= 0.6 is 0 Å². The lowest BCUT2D eigenvalue weighted by Crippen LogP contribution is -2.26. The van der Waals surface area contributed by atoms with Crippen LogP contribution in [0.1, 0.15) is 26.5 Å². The second-order valence-corrected chi connectivity index (χ2v) is 4.92. The third-order valence-electron chi connectivity index (χ3n) is 1.93. The average molecular weight is 266 g/mol. The number of carbonyl (C=O) groups excluding carboxylic acids is 2. The number of aromatic nitrogens is 3. The number of nitrogens with one attached hydrogen (secondary N) is 1. The van der Waals surface area contributed by atoms with Gasteiger partial charge in [-0.1, -0.05) is 11.8 Å². The molecule has 0 fully saturated rings. The largest absolute Gasteiger partial charge is 0.459 e. The van der Waals surface area contributed by atoms with Crippen molar-refractivity contribution in [1.82, 2.24) is 20.3 Å². The molecule has 1 rings (SSSR count). The zero-order valence-electron chi connectivity index (χ0n) is 11.3. The van der Waals surface area contributed by atoms with Crippen LogP contribution in [0.5, 0.6) is 0 Å². The third-order valence-corrected chi connectivity index (χ3v) is 1.93. The van der Waals surface area contributed by atoms with E-state index in [-0.39, 0.29) is 25.0 Å². The fourth-order valence-electron chi connectivity index (χ4n) is 1.25. The van der Waals surface area contributed by atoms with Gasteiger partial charge >= 0.3 is 5.97 Å². The molecule has 0 saturated carbocycles. The highest BCUT2D eigenvalue weighted by Gasteiger charge is 2.17. The van der Waals surface area contributed by atoms with Crippen LogP contribution in [0.2, 0.25) is 0 Å². The zero-order valence-corrected chi connectivity index (χ0v) is 11.3. The van der Waals surface area contributed by atoms with Gasteiger partial charge in [-0.15, -0.1) is 5.10 Å². The number of nitrogens with zero attached hydrogens (tertiary/aromatic N) is 3. The molecule has 0 aliphatic carbocycles. The minimum atomic E-state index is -0.529. The highest BCUT2D eigenvalue weighted by Crippen LogP contribution is 2.07. The van der Waals surface area contributed by atoms with Crippen molar-refractivity contribution >= 4 is 11.9 Å². The molecule has 1 aromatic heterocycles. The monoisotopic (exact) mass is 266 g/mol. The Morgan fingerprint density at radius 1 is 1.53 bits per heavy atom. The van der Waals surface area contributed by atoms with Crippen LogP contribution in [-0.4, -0.2) is 32.5 Å². The molecule has 0 spiro atoms. The van der Waals surface area contributed by atoms with Crippen LogP contribution in [-0.2, 0) is 27.4 Å². The number of hydrogen-bond donors (Lipinski definition) is 1. The summed E-state index contributed by atoms with van der Waals surface area (Å²) in [7, 11) is 0. The van der Waals surface area contributed by atoms with Gasteiger partial charge in [0.25, 0.3) is 0 Å². The molecule has 0 aliphatic rings. The van der Waals surface area contributed by atoms with Gasteiger partial charge in [0.1, 0.15) is 17.8 Å². The van der Waals surface area contributed by atoms with Gasteiger partial charge < -0.3 is 10.1 Å². The second kappa shape index (κ2) is 6.12. The van der Waals surface area contributed by atoms with E-state index in [4.69, 9.17) is 4.74 Å². The molecule has 1 N–H and O–H groups in total. The lowest BCUT2D eigenvalue weighted by Gasteiger charge is -2.19. The Morgan fingerprint density at radius 2 is 2.21 bits per heavy atom. The van der Waals surface area contributed by atoms with E-state index < -0.39 is 5.60 Å². The highest BCUT2D eigenvalue weighted by atomic mass is 16.6. The summed E-state index contributed by atoms with van der Waals surface area (Å²) in [6.07, 6.45) is 2.75. The molecule has 7 nitrogen and oxygen atoms in total. The number of ether oxygens (including phenoxy) is 1. The van der Waals surface area contributed by atoms with Gasteiger partial charge in [0.05, 0.1) is 12.7 Å². The van der Waals surface area contributed by atoms with E-state index in [0.29, 0.717) is 5.69 Å². The normalized spacial score (nSPS) is 10.9. The first-order valence-corrected chi connectivity index (χ1v) is 5.81. The molecule has 1 amide bonds. The van der Waals surface area contributed by atoms with E-state index in [9.17, 15) is 9.59 Å². The third kappa shape index (κ3) is 5.80. The quantitative estimate of drug-likeness (QED) is 0.616. The lowest BCUT2D eigenvalue weighted by molar-refractivity contribution is -0.155. The Bertz CT molecular complexity index is 474. The van der Waals surface area contributed by atoms with Gasteiger partial charge in [0, 0.05) is 0 Å². The van der Waals surface area contributed by atoms with Crippen molar-refractivity contribution < 1.29 is 14.3 Å². The van der Waals surface area contributed by atoms with Crippen molar-refractivity contribution in [2.45, 2.75) is 39.5 Å². The van der Waals surface area contributed by atoms with Crippen LogP contribution in [0.25, 0.3) is 0 Å². The minimum Gasteiger partial charge on any atom is -0.459 e. The number of rotatable bonds is 5. The first-order valence-electron chi connectivity index (χ1n) is 5.81. The van der Waals surface area contributed by atoms with Gasteiger partial charge in [-0.05, 0) is 26.8 Å². The Balaban J connectivity index is 2.48. The topological polar surface area (TPSA) is 86.1 Å². The molecule has 0 unspecified atom stereocenters. The maximum atomic E-state index is 11.6. The SMILES string of the molecule is C=CC(=O)NCc1cn(CC(=O)OC(C)(C)C)nn1. The predicted octanol–water partition coefficient (Wildman–Crippen LogP) is 0.422. The van der Waals surface area contributed by atoms with Crippen LogP contribution in [0, 0.1) is 0 Å². The van der Waals surface area contributed by atoms with Crippen molar-refractivity contribution in [2.24, 2.45) is 0 Å². The Labute approximate surface area is 111 Å². The standard InChI is InChI=1S/C12H18N4O3/c1-5-10(17)13-6-9-7-16(15-14-9)8-11(18)19-12(2,3)4/h5,7H,1,6,8H2,2-4H3,(H,13,17). The van der Waals surface area contributed by atoms with Gasteiger partial charge in [0.15, 0.2) is 0 Å². The molecule has 0 atom stereocenters. The van der Waals surface area contributed by atoms with E-state index in [1.54, 1.807) is 27.0 Å². The minimum absolute atomic E-state index is 0.0142. The molecule has 0 aliphatic heterocycles. The predicted molar refractivity (Wildman–Crippen MR) is 67.9 cm³/mol. The smallest absolute Gasteiger partial charge is 0.328 e. The van der Waals surface area contributed by atoms with E-state index in [2.05, 4.69) is 22.2 Å². The van der Waals surface area contributed by atoms with E-state index in [0.717, 1.165) is 0 Å². The highest BCUT2D eigenvalue weighted by molar-refractivity contribution is 5.86. The van der Waals surface area contributed by atoms with Gasteiger partial charge in [-0.3, -0.25) is 9.59 Å². The molecule has 7 heteroatoms. The molecule has 1 heterocycles. The van der Waals surface area contributed by atoms with Crippen LogP contribution in [0.3, 0.4) is 0 Å². The summed E-state index contributed by atoms with van der Waals surface area (Å²) in [5.41, 5.74) is 0.0251. The van der Waals surface area contributed by atoms with Crippen molar-refractivity contribution in [3.8, 4) is 0 Å². The Kier molecular flexibility index (Phi) is 4.80. The number of amides is 1. The number of esters is 1. The van der Waals surface area contributed by atoms with E-state index in [1.807, 2.05) is 0 Å². The fraction of sp³-hybridized carbons (Fsp3) is 0.500. The second-order valence-electron chi connectivity index (χ2n) is 4.92. The number of hydrogen-bond acceptors (Lipinski definition) is 5. The molecule has 19 heavy (non-hydrogen) atoms. The first-order chi connectivity index (χ1) is 8.80. The first kappa shape index (κ1) is 14.9. The molecule has 1 aromatic rings. The molecular formula is C12H18N4O3. The van der Waals surface area contributed by atoms with Gasteiger partial charge in [-0.25, -0.2) is 4.68 Å². The molecule has 104 valence electrons. The Morgan fingerprint density at radius 3 is 2.79 bits per heavy atom. The summed E-state index contributed by atoms with van der Waals surface area (Å²) >= 11 is 0. The van der Waals surface area contributed by atoms with Crippen molar-refractivity contribution in [1.29, 1.82) is 0 Å². The molecule has 0 bridgehead atoms. The fourth-order valence-corrected chi connectivity index (χ4v) is 1.25. The average Bonchev–Trinajstić information content (AvgIpc) is 2.70.